The van der Waals surface area contributed by atoms with Gasteiger partial charge >= 0.3 is 0 Å². The molecule has 0 amide bonds. The first-order chi connectivity index (χ1) is 38.2. The molecule has 1 aliphatic heterocycles. The molecule has 1 atom stereocenters. The predicted octanol–water partition coefficient (Wildman–Crippen LogP) is 17.6. The highest BCUT2D eigenvalue weighted by molar-refractivity contribution is 6.24. The van der Waals surface area contributed by atoms with Crippen LogP contribution in [0.5, 0.6) is 0 Å². The molecule has 0 fully saturated rings. The van der Waals surface area contributed by atoms with Gasteiger partial charge in [-0.3, -0.25) is 9.97 Å². The van der Waals surface area contributed by atoms with Crippen LogP contribution in [0, 0.1) is 0 Å². The standard InChI is InChI=1S/C72H42N4O/c1-3-18-45(19-4-1)75-62-31-15-14-29-57(62)72(60-40-53-49-24-9-13-28-56(49)71(59(53)41-64(60)75)54-26-11-7-22-47(54)48-23-8-12-27-55(48)71)58-30-17-37-73-68(58)69-61(72)38-44(42-74-69)43-33-34-50-51-35-36-66-67(52-25-10-16-32-65(52)77-66)70(51)76(63(50)39-43)46-20-5-2-6-21-46/h1-42H. The minimum absolute atomic E-state index is 0.528. The van der Waals surface area contributed by atoms with Gasteiger partial charge in [-0.05, 0) is 146 Å². The summed E-state index contributed by atoms with van der Waals surface area (Å²) in [6.07, 6.45) is 4.00. The van der Waals surface area contributed by atoms with E-state index < -0.39 is 10.8 Å². The molecule has 10 aromatic carbocycles. The lowest BCUT2D eigenvalue weighted by atomic mass is 9.63. The summed E-state index contributed by atoms with van der Waals surface area (Å²) < 4.78 is 8.94. The second-order valence-electron chi connectivity index (χ2n) is 21.1. The number of nitrogens with zero attached hydrogens (tertiary/aromatic N) is 4. The zero-order chi connectivity index (χ0) is 50.1. The van der Waals surface area contributed by atoms with Crippen LogP contribution >= 0.6 is 0 Å². The fourth-order valence-electron chi connectivity index (χ4n) is 14.8. The van der Waals surface area contributed by atoms with E-state index in [0.717, 1.165) is 89.4 Å². The highest BCUT2D eigenvalue weighted by Gasteiger charge is 2.57. The lowest BCUT2D eigenvalue weighted by molar-refractivity contribution is 0.669. The molecule has 2 spiro atoms. The molecule has 1 unspecified atom stereocenters. The first kappa shape index (κ1) is 41.3. The fourth-order valence-corrected chi connectivity index (χ4v) is 14.8. The van der Waals surface area contributed by atoms with Gasteiger partial charge in [0, 0.05) is 51.1 Å². The van der Waals surface area contributed by atoms with Crippen LogP contribution in [0.3, 0.4) is 0 Å². The van der Waals surface area contributed by atoms with Crippen LogP contribution in [-0.2, 0) is 10.8 Å². The van der Waals surface area contributed by atoms with E-state index in [9.17, 15) is 0 Å². The van der Waals surface area contributed by atoms with Crippen LogP contribution in [0.2, 0.25) is 0 Å². The third-order valence-corrected chi connectivity index (χ3v) is 17.7. The molecule has 77 heavy (non-hydrogen) atoms. The van der Waals surface area contributed by atoms with Gasteiger partial charge in [-0.1, -0.05) is 164 Å². The number of benzene rings is 10. The summed E-state index contributed by atoms with van der Waals surface area (Å²) in [4.78, 5) is 13.3. The Bertz CT molecular complexity index is 4850. The van der Waals surface area contributed by atoms with E-state index in [1.54, 1.807) is 0 Å². The Kier molecular flexibility index (Phi) is 7.94. The van der Waals surface area contributed by atoms with Crippen molar-refractivity contribution in [2.45, 2.75) is 10.8 Å². The van der Waals surface area contributed by atoms with Crippen LogP contribution in [0.1, 0.15) is 44.5 Å². The quantitative estimate of drug-likeness (QED) is 0.177. The van der Waals surface area contributed by atoms with Crippen molar-refractivity contribution in [3.05, 3.63) is 300 Å². The van der Waals surface area contributed by atoms with Crippen molar-refractivity contribution in [1.29, 1.82) is 0 Å². The summed E-state index contributed by atoms with van der Waals surface area (Å²) in [7, 11) is 0. The zero-order valence-corrected chi connectivity index (χ0v) is 41.4. The summed E-state index contributed by atoms with van der Waals surface area (Å²) in [5.74, 6) is 0. The minimum Gasteiger partial charge on any atom is -0.456 e. The molecular weight excluding hydrogens is 937 g/mol. The van der Waals surface area contributed by atoms with Gasteiger partial charge in [0.25, 0.3) is 0 Å². The molecule has 0 bridgehead atoms. The highest BCUT2D eigenvalue weighted by atomic mass is 16.3. The Balaban J connectivity index is 0.937. The normalized spacial score (nSPS) is 15.7. The highest BCUT2D eigenvalue weighted by Crippen LogP contribution is 2.68. The SMILES string of the molecule is c1ccc(N2c3ccccc3C3(c4cc5c(cc42)C2(c4ccccc4-c4ccccc42)c2ccccc2-5)c2cccnc2-c2ncc(-c4ccc5c6ccc7oc8ccccc8c7c6n(-c6ccccc6)c5c4)cc23)cc1. The van der Waals surface area contributed by atoms with Crippen molar-refractivity contribution >= 4 is 60.8 Å². The van der Waals surface area contributed by atoms with E-state index in [1.165, 1.54) is 66.4 Å². The second kappa shape index (κ2) is 14.8. The second-order valence-corrected chi connectivity index (χ2v) is 21.1. The maximum absolute atomic E-state index is 6.51. The third-order valence-electron chi connectivity index (χ3n) is 17.7. The van der Waals surface area contributed by atoms with E-state index in [0.29, 0.717) is 0 Å². The van der Waals surface area contributed by atoms with Crippen LogP contribution in [0.25, 0.3) is 94.2 Å². The molecule has 5 heteroatoms. The molecule has 5 heterocycles. The number of hydrogen-bond donors (Lipinski definition) is 0. The van der Waals surface area contributed by atoms with Crippen molar-refractivity contribution in [3.63, 3.8) is 0 Å². The van der Waals surface area contributed by atoms with Crippen LogP contribution in [-0.4, -0.2) is 14.5 Å². The molecule has 4 aliphatic rings. The molecule has 0 saturated carbocycles. The van der Waals surface area contributed by atoms with Crippen LogP contribution in [0.15, 0.2) is 259 Å². The molecule has 3 aliphatic carbocycles. The maximum Gasteiger partial charge on any atom is 0.137 e. The van der Waals surface area contributed by atoms with Gasteiger partial charge in [-0.2, -0.15) is 0 Å². The molecule has 356 valence electrons. The fraction of sp³-hybridized carbons (Fsp3) is 0.0278. The Morgan fingerprint density at radius 2 is 0.961 bits per heavy atom. The molecular formula is C72H42N4O. The van der Waals surface area contributed by atoms with Crippen LogP contribution < -0.4 is 4.90 Å². The van der Waals surface area contributed by atoms with Gasteiger partial charge in [0.15, 0.2) is 0 Å². The molecule has 14 aromatic rings. The van der Waals surface area contributed by atoms with E-state index in [2.05, 4.69) is 252 Å². The van der Waals surface area contributed by atoms with Crippen molar-refractivity contribution in [1.82, 2.24) is 14.5 Å². The van der Waals surface area contributed by atoms with Gasteiger partial charge in [-0.25, -0.2) is 0 Å². The predicted molar refractivity (Wildman–Crippen MR) is 311 cm³/mol. The number of furan rings is 1. The van der Waals surface area contributed by atoms with Gasteiger partial charge < -0.3 is 13.9 Å². The van der Waals surface area contributed by atoms with Crippen molar-refractivity contribution < 1.29 is 4.42 Å². The summed E-state index contributed by atoms with van der Waals surface area (Å²) >= 11 is 0. The van der Waals surface area contributed by atoms with E-state index >= 15 is 0 Å². The largest absolute Gasteiger partial charge is 0.456 e. The van der Waals surface area contributed by atoms with Gasteiger partial charge in [0.2, 0.25) is 0 Å². The summed E-state index contributed by atoms with van der Waals surface area (Å²) in [6.45, 7) is 0. The first-order valence-electron chi connectivity index (χ1n) is 26.5. The number of hydrogen-bond acceptors (Lipinski definition) is 4. The zero-order valence-electron chi connectivity index (χ0n) is 41.4. The number of anilines is 3. The number of fused-ring (bicyclic) bond motifs is 26. The van der Waals surface area contributed by atoms with E-state index in [4.69, 9.17) is 14.4 Å². The average molecular weight is 979 g/mol. The Morgan fingerprint density at radius 3 is 1.73 bits per heavy atom. The molecule has 4 aromatic heterocycles. The van der Waals surface area contributed by atoms with Gasteiger partial charge in [0.05, 0.1) is 50.0 Å². The number of rotatable bonds is 3. The van der Waals surface area contributed by atoms with Gasteiger partial charge in [0.1, 0.15) is 11.2 Å². The summed E-state index contributed by atoms with van der Waals surface area (Å²) in [6, 6.07) is 89.7. The molecule has 0 N–H and O–H groups in total. The minimum atomic E-state index is -0.804. The topological polar surface area (TPSA) is 47.1 Å². The number of para-hydroxylation sites is 4. The number of pyridine rings is 2. The van der Waals surface area contributed by atoms with Crippen molar-refractivity contribution in [2.75, 3.05) is 4.90 Å². The number of aromatic nitrogens is 3. The van der Waals surface area contributed by atoms with Crippen LogP contribution in [0.4, 0.5) is 17.1 Å². The Labute approximate surface area is 443 Å². The lowest BCUT2D eigenvalue weighted by Crippen LogP contribution is -2.37. The molecule has 0 saturated heterocycles. The Morgan fingerprint density at radius 1 is 0.351 bits per heavy atom. The van der Waals surface area contributed by atoms with E-state index in [1.807, 2.05) is 12.3 Å². The van der Waals surface area contributed by atoms with Gasteiger partial charge in [-0.15, -0.1) is 0 Å². The van der Waals surface area contributed by atoms with Crippen molar-refractivity contribution in [2.24, 2.45) is 0 Å². The molecule has 5 nitrogen and oxygen atoms in total. The smallest absolute Gasteiger partial charge is 0.137 e. The molecule has 18 rings (SSSR count). The Hall–Kier alpha value is -10.1. The van der Waals surface area contributed by atoms with E-state index in [-0.39, 0.29) is 0 Å². The lowest BCUT2D eigenvalue weighted by Gasteiger charge is -2.45. The molecule has 0 radical (unpaired) electrons. The summed E-state index contributed by atoms with van der Waals surface area (Å²) in [5.41, 5.74) is 26.1. The first-order valence-corrected chi connectivity index (χ1v) is 26.5. The third kappa shape index (κ3) is 5.05. The average Bonchev–Trinajstić information content (AvgIpc) is 4.41. The maximum atomic E-state index is 6.51. The summed E-state index contributed by atoms with van der Waals surface area (Å²) in [5, 5.41) is 4.58. The monoisotopic (exact) mass is 978 g/mol. The van der Waals surface area contributed by atoms with Crippen molar-refractivity contribution in [3.8, 4) is 50.5 Å².